The number of hydrogen-bond donors (Lipinski definition) is 1. The number of ether oxygens (including phenoxy) is 4. The van der Waals surface area contributed by atoms with E-state index in [1.165, 1.54) is 36.9 Å². The number of benzene rings is 2. The van der Waals surface area contributed by atoms with Gasteiger partial charge >= 0.3 is 5.97 Å². The van der Waals surface area contributed by atoms with Crippen molar-refractivity contribution in [2.75, 3.05) is 27.4 Å². The summed E-state index contributed by atoms with van der Waals surface area (Å²) in [7, 11) is 2.89. The number of Topliss-reactive ketones (excluding diaryl/α,β-unsaturated/α-hetero) is 1. The largest absolute Gasteiger partial charge is 0.493 e. The van der Waals surface area contributed by atoms with Crippen LogP contribution in [0.5, 0.6) is 23.0 Å². The standard InChI is InChI=1S/C32H36F2O7S2/c1-17(19(3)35)7-9-20-13-22-26(42-20)15-24(38-4)30(28(22)33)40-11-6-12-41-31-25(39-5)16-27-23(29(31)34)14-21(43-27)10-8-18(2)32(36)37/h13-18H,6-12H2,1-5H3,(H,36,37)/t17-,18-/m0/s1. The minimum absolute atomic E-state index is 0.00431. The smallest absolute Gasteiger partial charge is 0.306 e. The predicted molar refractivity (Wildman–Crippen MR) is 166 cm³/mol. The van der Waals surface area contributed by atoms with Crippen molar-refractivity contribution in [3.8, 4) is 23.0 Å². The van der Waals surface area contributed by atoms with Crippen molar-refractivity contribution >= 4 is 54.6 Å². The van der Waals surface area contributed by atoms with Gasteiger partial charge in [-0.15, -0.1) is 22.7 Å². The maximum Gasteiger partial charge on any atom is 0.306 e. The lowest BCUT2D eigenvalue weighted by molar-refractivity contribution is -0.141. The number of carbonyl (C=O) groups excluding carboxylic acids is 1. The average Bonchev–Trinajstić information content (AvgIpc) is 3.59. The van der Waals surface area contributed by atoms with Crippen LogP contribution in [0.4, 0.5) is 8.78 Å². The van der Waals surface area contributed by atoms with Crippen molar-refractivity contribution in [3.63, 3.8) is 0 Å². The van der Waals surface area contributed by atoms with Crippen LogP contribution in [0.15, 0.2) is 24.3 Å². The van der Waals surface area contributed by atoms with Crippen molar-refractivity contribution in [1.29, 1.82) is 0 Å². The van der Waals surface area contributed by atoms with Gasteiger partial charge in [0.05, 0.1) is 33.4 Å². The molecule has 0 spiro atoms. The number of carbonyl (C=O) groups is 2. The number of thiophene rings is 2. The Hall–Kier alpha value is -3.44. The fraction of sp³-hybridized carbons (Fsp3) is 0.438. The van der Waals surface area contributed by atoms with Crippen LogP contribution in [-0.4, -0.2) is 44.3 Å². The second-order valence-corrected chi connectivity index (χ2v) is 12.9. The fourth-order valence-electron chi connectivity index (χ4n) is 4.57. The summed E-state index contributed by atoms with van der Waals surface area (Å²) in [5.74, 6) is -1.81. The molecule has 0 aliphatic rings. The van der Waals surface area contributed by atoms with E-state index in [2.05, 4.69) is 0 Å². The second-order valence-electron chi connectivity index (χ2n) is 10.6. The van der Waals surface area contributed by atoms with Crippen LogP contribution in [0.1, 0.15) is 49.8 Å². The molecule has 0 aliphatic heterocycles. The average molecular weight is 635 g/mol. The predicted octanol–water partition coefficient (Wildman–Crippen LogP) is 8.07. The summed E-state index contributed by atoms with van der Waals surface area (Å²) in [4.78, 5) is 24.6. The summed E-state index contributed by atoms with van der Waals surface area (Å²) in [5, 5.41) is 9.96. The van der Waals surface area contributed by atoms with Crippen LogP contribution >= 0.6 is 22.7 Å². The molecule has 0 saturated carbocycles. The third-order valence-electron chi connectivity index (χ3n) is 7.45. The number of aliphatic carboxylic acids is 1. The summed E-state index contributed by atoms with van der Waals surface area (Å²) in [5.41, 5.74) is 0. The molecule has 1 N–H and O–H groups in total. The Labute approximate surface area is 257 Å². The molecule has 2 heterocycles. The van der Waals surface area contributed by atoms with E-state index in [0.717, 1.165) is 14.5 Å². The molecule has 0 saturated heterocycles. The van der Waals surface area contributed by atoms with Gasteiger partial charge in [-0.3, -0.25) is 9.59 Å². The molecule has 7 nitrogen and oxygen atoms in total. The zero-order valence-electron chi connectivity index (χ0n) is 24.9. The van der Waals surface area contributed by atoms with E-state index < -0.39 is 23.5 Å². The van der Waals surface area contributed by atoms with Gasteiger partial charge in [0.1, 0.15) is 5.78 Å². The van der Waals surface area contributed by atoms with Crippen LogP contribution < -0.4 is 18.9 Å². The molecule has 0 radical (unpaired) electrons. The summed E-state index contributed by atoms with van der Waals surface area (Å²) in [6.07, 6.45) is 2.69. The monoisotopic (exact) mass is 634 g/mol. The van der Waals surface area contributed by atoms with Crippen molar-refractivity contribution in [1.82, 2.24) is 0 Å². The Balaban J connectivity index is 1.40. The highest BCUT2D eigenvalue weighted by molar-refractivity contribution is 7.19. The van der Waals surface area contributed by atoms with E-state index in [1.54, 1.807) is 38.1 Å². The second kappa shape index (κ2) is 14.4. The molecule has 232 valence electrons. The van der Waals surface area contributed by atoms with Gasteiger partial charge in [-0.25, -0.2) is 8.78 Å². The number of ketones is 1. The van der Waals surface area contributed by atoms with Crippen LogP contribution in [0.3, 0.4) is 0 Å². The SMILES string of the molecule is COc1cc2sc(CC[C@H](C)C(C)=O)cc2c(F)c1OCCCOc1c(OC)cc2sc(CC[C@H](C)C(=O)O)cc2c1F. The number of rotatable bonds is 16. The molecular formula is C32H36F2O7S2. The number of halogens is 2. The first-order valence-electron chi connectivity index (χ1n) is 14.1. The third kappa shape index (κ3) is 7.56. The number of carboxylic acid groups (broad SMARTS) is 1. The Bertz CT molecular complexity index is 1490. The van der Waals surface area contributed by atoms with E-state index in [9.17, 15) is 9.59 Å². The zero-order valence-corrected chi connectivity index (χ0v) is 26.5. The number of fused-ring (bicyclic) bond motifs is 2. The Kier molecular flexibility index (Phi) is 10.8. The zero-order chi connectivity index (χ0) is 31.3. The van der Waals surface area contributed by atoms with E-state index in [0.29, 0.717) is 47.6 Å². The van der Waals surface area contributed by atoms with Crippen LogP contribution in [-0.2, 0) is 22.4 Å². The molecule has 0 unspecified atom stereocenters. The topological polar surface area (TPSA) is 91.3 Å². The van der Waals surface area contributed by atoms with E-state index >= 15 is 8.78 Å². The Morgan fingerprint density at radius 3 is 1.63 bits per heavy atom. The number of aryl methyl sites for hydroxylation is 2. The molecule has 0 amide bonds. The van der Waals surface area contributed by atoms with Gasteiger partial charge in [-0.05, 0) is 44.7 Å². The highest BCUT2D eigenvalue weighted by Gasteiger charge is 2.21. The minimum Gasteiger partial charge on any atom is -0.493 e. The maximum atomic E-state index is 15.5. The molecule has 43 heavy (non-hydrogen) atoms. The highest BCUT2D eigenvalue weighted by Crippen LogP contribution is 2.42. The van der Waals surface area contributed by atoms with Crippen LogP contribution in [0.25, 0.3) is 20.2 Å². The molecule has 0 fully saturated rings. The first kappa shape index (κ1) is 32.5. The van der Waals surface area contributed by atoms with Crippen molar-refractivity contribution in [2.24, 2.45) is 11.8 Å². The molecule has 4 rings (SSSR count). The lowest BCUT2D eigenvalue weighted by Crippen LogP contribution is -2.09. The summed E-state index contributed by atoms with van der Waals surface area (Å²) in [6.45, 7) is 5.31. The van der Waals surface area contributed by atoms with Crippen molar-refractivity contribution < 1.29 is 42.4 Å². The quantitative estimate of drug-likeness (QED) is 0.125. The fourth-order valence-corrected chi connectivity index (χ4v) is 6.78. The van der Waals surface area contributed by atoms with Gasteiger partial charge in [-0.1, -0.05) is 13.8 Å². The van der Waals surface area contributed by atoms with Gasteiger partial charge < -0.3 is 24.1 Å². The van der Waals surface area contributed by atoms with Crippen molar-refractivity contribution in [2.45, 2.75) is 52.9 Å². The lowest BCUT2D eigenvalue weighted by atomic mass is 10.0. The Morgan fingerprint density at radius 2 is 1.23 bits per heavy atom. The lowest BCUT2D eigenvalue weighted by Gasteiger charge is -2.14. The normalized spacial score (nSPS) is 12.8. The molecular weight excluding hydrogens is 598 g/mol. The number of hydrogen-bond acceptors (Lipinski definition) is 8. The van der Waals surface area contributed by atoms with E-state index in [1.807, 2.05) is 6.92 Å². The van der Waals surface area contributed by atoms with Gasteiger partial charge in [0.2, 0.25) is 0 Å². The van der Waals surface area contributed by atoms with E-state index in [-0.39, 0.29) is 47.9 Å². The summed E-state index contributed by atoms with van der Waals surface area (Å²) < 4.78 is 54.7. The van der Waals surface area contributed by atoms with Crippen LogP contribution in [0, 0.1) is 23.5 Å². The van der Waals surface area contributed by atoms with Gasteiger partial charge in [-0.2, -0.15) is 0 Å². The molecule has 0 bridgehead atoms. The highest BCUT2D eigenvalue weighted by atomic mass is 32.1. The summed E-state index contributed by atoms with van der Waals surface area (Å²) >= 11 is 2.86. The molecule has 2 aromatic heterocycles. The number of methoxy groups -OCH3 is 2. The van der Waals surface area contributed by atoms with Gasteiger partial charge in [0.25, 0.3) is 0 Å². The van der Waals surface area contributed by atoms with Crippen molar-refractivity contribution in [3.05, 3.63) is 45.7 Å². The van der Waals surface area contributed by atoms with Crippen LogP contribution in [0.2, 0.25) is 0 Å². The molecule has 4 aromatic rings. The first-order valence-corrected chi connectivity index (χ1v) is 15.7. The maximum absolute atomic E-state index is 15.5. The molecule has 11 heteroatoms. The van der Waals surface area contributed by atoms with E-state index in [4.69, 9.17) is 24.1 Å². The summed E-state index contributed by atoms with van der Waals surface area (Å²) in [6, 6.07) is 6.99. The third-order valence-corrected chi connectivity index (χ3v) is 9.74. The Morgan fingerprint density at radius 1 is 0.791 bits per heavy atom. The minimum atomic E-state index is -0.858. The first-order chi connectivity index (χ1) is 20.5. The van der Waals surface area contributed by atoms with Gasteiger partial charge in [0.15, 0.2) is 34.6 Å². The molecule has 0 aliphatic carbocycles. The van der Waals surface area contributed by atoms with Gasteiger partial charge in [0, 0.05) is 54.4 Å². The molecule has 2 aromatic carbocycles. The molecule has 2 atom stereocenters. The number of carboxylic acids is 1.